The van der Waals surface area contributed by atoms with Gasteiger partial charge in [-0.2, -0.15) is 0 Å². The van der Waals surface area contributed by atoms with Gasteiger partial charge >= 0.3 is 12.1 Å². The Morgan fingerprint density at radius 2 is 1.45 bits per heavy atom. The van der Waals surface area contributed by atoms with Crippen molar-refractivity contribution in [3.05, 3.63) is 36.6 Å². The third-order valence-corrected chi connectivity index (χ3v) is 5.45. The average molecular weight is 527 g/mol. The lowest BCUT2D eigenvalue weighted by Gasteiger charge is -2.34. The molecule has 0 bridgehead atoms. The van der Waals surface area contributed by atoms with Crippen molar-refractivity contribution in [2.45, 2.75) is 52.0 Å². The molecule has 0 aromatic carbocycles. The number of hydrogen-bond donors (Lipinski definition) is 0. The monoisotopic (exact) mass is 527 g/mol. The van der Waals surface area contributed by atoms with E-state index in [0.717, 1.165) is 6.26 Å². The van der Waals surface area contributed by atoms with E-state index in [1.807, 2.05) is 0 Å². The van der Waals surface area contributed by atoms with Crippen LogP contribution in [0.4, 0.5) is 4.79 Å². The van der Waals surface area contributed by atoms with Gasteiger partial charge < -0.3 is 31.9 Å². The Balaban J connectivity index is 1.34. The predicted molar refractivity (Wildman–Crippen MR) is 125 cm³/mol. The summed E-state index contributed by atoms with van der Waals surface area (Å²) in [5.41, 5.74) is -0.805. The van der Waals surface area contributed by atoms with Crippen molar-refractivity contribution in [1.29, 1.82) is 0 Å². The highest BCUT2D eigenvalue weighted by atomic mass is 16.6. The van der Waals surface area contributed by atoms with Crippen molar-refractivity contribution in [2.24, 2.45) is 0 Å². The van der Waals surface area contributed by atoms with Gasteiger partial charge in [-0.15, -0.1) is 0 Å². The molecule has 0 spiro atoms. The van der Waals surface area contributed by atoms with Crippen molar-refractivity contribution in [2.75, 3.05) is 13.7 Å². The van der Waals surface area contributed by atoms with Crippen LogP contribution in [0.5, 0.6) is 0 Å². The van der Waals surface area contributed by atoms with Gasteiger partial charge in [0, 0.05) is 0 Å². The number of amides is 1. The third kappa shape index (κ3) is 4.77. The summed E-state index contributed by atoms with van der Waals surface area (Å²) in [4.78, 5) is 43.1. The van der Waals surface area contributed by atoms with Crippen LogP contribution in [0.3, 0.4) is 0 Å². The number of carbonyl (C=O) groups excluding carboxylic acids is 2. The molecule has 5 rings (SSSR count). The standard InChI is InChI=1S/C24H25N5O9/c1-23(2,3)38-22(31)29-16(11-37-24(29,4)5)20-27-14(9-36-20)18-25-12(7-34-18)17-26-13(8-33-17)19-28-15(10-35-19)21(30)32-6/h7-10,16H,11H2,1-6H3/t16-/m0/s1. The van der Waals surface area contributed by atoms with E-state index < -0.39 is 29.4 Å². The van der Waals surface area contributed by atoms with Crippen LogP contribution < -0.4 is 0 Å². The van der Waals surface area contributed by atoms with E-state index >= 15 is 0 Å². The fraction of sp³-hybridized carbons (Fsp3) is 0.417. The molecule has 14 heteroatoms. The molecule has 4 aromatic rings. The van der Waals surface area contributed by atoms with Crippen LogP contribution in [-0.2, 0) is 14.2 Å². The van der Waals surface area contributed by atoms with E-state index in [4.69, 9.17) is 27.1 Å². The molecule has 1 saturated heterocycles. The maximum absolute atomic E-state index is 12.9. The zero-order valence-corrected chi connectivity index (χ0v) is 21.5. The summed E-state index contributed by atoms with van der Waals surface area (Å²) in [6.45, 7) is 9.06. The van der Waals surface area contributed by atoms with Crippen LogP contribution in [0.25, 0.3) is 34.8 Å². The number of aromatic nitrogens is 4. The van der Waals surface area contributed by atoms with Gasteiger partial charge in [0.25, 0.3) is 0 Å². The number of carbonyl (C=O) groups is 2. The lowest BCUT2D eigenvalue weighted by molar-refractivity contribution is -0.0634. The molecule has 5 heterocycles. The topological polar surface area (TPSA) is 169 Å². The Morgan fingerprint density at radius 3 is 2.05 bits per heavy atom. The second-order valence-corrected chi connectivity index (χ2v) is 9.80. The van der Waals surface area contributed by atoms with Gasteiger partial charge in [-0.05, 0) is 34.6 Å². The van der Waals surface area contributed by atoms with E-state index in [0.29, 0.717) is 5.69 Å². The van der Waals surface area contributed by atoms with Gasteiger partial charge in [0.05, 0.1) is 13.7 Å². The minimum Gasteiger partial charge on any atom is -0.464 e. The molecule has 0 radical (unpaired) electrons. The Hall–Kier alpha value is -4.46. The van der Waals surface area contributed by atoms with Gasteiger partial charge in [-0.1, -0.05) is 0 Å². The Kier molecular flexibility index (Phi) is 6.06. The smallest absolute Gasteiger partial charge is 0.413 e. The summed E-state index contributed by atoms with van der Waals surface area (Å²) >= 11 is 0. The molecule has 1 fully saturated rings. The minimum atomic E-state index is -0.930. The molecular formula is C24H25N5O9. The fourth-order valence-corrected chi connectivity index (χ4v) is 3.75. The van der Waals surface area contributed by atoms with Gasteiger partial charge in [-0.25, -0.2) is 29.5 Å². The van der Waals surface area contributed by atoms with Crippen LogP contribution in [0.2, 0.25) is 0 Å². The molecule has 1 amide bonds. The van der Waals surface area contributed by atoms with Gasteiger partial charge in [-0.3, -0.25) is 4.90 Å². The second kappa shape index (κ2) is 9.13. The van der Waals surface area contributed by atoms with Crippen molar-refractivity contribution in [1.82, 2.24) is 24.8 Å². The van der Waals surface area contributed by atoms with Crippen molar-refractivity contribution >= 4 is 12.1 Å². The highest BCUT2D eigenvalue weighted by Gasteiger charge is 2.48. The molecular weight excluding hydrogens is 502 g/mol. The van der Waals surface area contributed by atoms with E-state index in [1.54, 1.807) is 34.6 Å². The number of esters is 1. The molecule has 0 N–H and O–H groups in total. The predicted octanol–water partition coefficient (Wildman–Crippen LogP) is 4.47. The van der Waals surface area contributed by atoms with E-state index in [2.05, 4.69) is 24.7 Å². The van der Waals surface area contributed by atoms with Crippen molar-refractivity contribution in [3.63, 3.8) is 0 Å². The number of hydrogen-bond acceptors (Lipinski definition) is 13. The highest BCUT2D eigenvalue weighted by Crippen LogP contribution is 2.38. The SMILES string of the molecule is COC(=O)c1coc(-c2coc(-c3coc(-c4coc([C@@H]5COC(C)(C)N5C(=O)OC(C)(C)C)n4)n3)n2)n1. The van der Waals surface area contributed by atoms with Gasteiger partial charge in [0.1, 0.15) is 42.4 Å². The molecule has 200 valence electrons. The van der Waals surface area contributed by atoms with E-state index in [1.165, 1.54) is 30.8 Å². The zero-order valence-electron chi connectivity index (χ0n) is 21.5. The van der Waals surface area contributed by atoms with Crippen LogP contribution in [0.15, 0.2) is 42.7 Å². The fourth-order valence-electron chi connectivity index (χ4n) is 3.75. The quantitative estimate of drug-likeness (QED) is 0.333. The van der Waals surface area contributed by atoms with Crippen LogP contribution in [0.1, 0.15) is 57.0 Å². The van der Waals surface area contributed by atoms with E-state index in [-0.39, 0.29) is 47.3 Å². The van der Waals surface area contributed by atoms with Gasteiger partial charge in [0.15, 0.2) is 22.8 Å². The lowest BCUT2D eigenvalue weighted by Crippen LogP contribution is -2.47. The van der Waals surface area contributed by atoms with Crippen molar-refractivity contribution in [3.8, 4) is 34.8 Å². The number of nitrogens with zero attached hydrogens (tertiary/aromatic N) is 5. The third-order valence-electron chi connectivity index (χ3n) is 5.45. The summed E-state index contributed by atoms with van der Waals surface area (Å²) < 4.78 is 38.0. The first kappa shape index (κ1) is 25.2. The number of ether oxygens (including phenoxy) is 3. The highest BCUT2D eigenvalue weighted by molar-refractivity contribution is 5.87. The number of rotatable bonds is 5. The number of oxazole rings is 4. The molecule has 4 aromatic heterocycles. The first-order chi connectivity index (χ1) is 17.9. The largest absolute Gasteiger partial charge is 0.464 e. The molecule has 14 nitrogen and oxygen atoms in total. The normalized spacial score (nSPS) is 17.1. The van der Waals surface area contributed by atoms with Crippen LogP contribution >= 0.6 is 0 Å². The lowest BCUT2D eigenvalue weighted by atomic mass is 10.2. The first-order valence-corrected chi connectivity index (χ1v) is 11.5. The molecule has 0 aliphatic carbocycles. The summed E-state index contributed by atoms with van der Waals surface area (Å²) in [6.07, 6.45) is 4.62. The summed E-state index contributed by atoms with van der Waals surface area (Å²) in [5.74, 6) is -0.0698. The molecule has 38 heavy (non-hydrogen) atoms. The molecule has 0 unspecified atom stereocenters. The van der Waals surface area contributed by atoms with Gasteiger partial charge in [0.2, 0.25) is 23.6 Å². The molecule has 1 atom stereocenters. The zero-order chi connectivity index (χ0) is 27.2. The Morgan fingerprint density at radius 1 is 0.895 bits per heavy atom. The summed E-state index contributed by atoms with van der Waals surface area (Å²) in [6, 6.07) is -0.618. The second-order valence-electron chi connectivity index (χ2n) is 9.80. The summed E-state index contributed by atoms with van der Waals surface area (Å²) in [5, 5.41) is 0. The Bertz CT molecular complexity index is 1470. The van der Waals surface area contributed by atoms with E-state index in [9.17, 15) is 9.59 Å². The van der Waals surface area contributed by atoms with Crippen LogP contribution in [-0.4, -0.2) is 61.9 Å². The minimum absolute atomic E-state index is 0.00102. The average Bonchev–Trinajstić information content (AvgIpc) is 3.65. The molecule has 0 saturated carbocycles. The summed E-state index contributed by atoms with van der Waals surface area (Å²) in [7, 11) is 1.24. The Labute approximate surface area is 215 Å². The van der Waals surface area contributed by atoms with Crippen LogP contribution in [0, 0.1) is 0 Å². The number of methoxy groups -OCH3 is 1. The molecule has 1 aliphatic rings. The maximum Gasteiger partial charge on any atom is 0.413 e. The van der Waals surface area contributed by atoms with Crippen molar-refractivity contribution < 1.29 is 41.5 Å². The maximum atomic E-state index is 12.9. The molecule has 1 aliphatic heterocycles. The first-order valence-electron chi connectivity index (χ1n) is 11.5.